The summed E-state index contributed by atoms with van der Waals surface area (Å²) in [7, 11) is 0. The van der Waals surface area contributed by atoms with Crippen LogP contribution in [0.1, 0.15) is 49.4 Å². The van der Waals surface area contributed by atoms with Gasteiger partial charge in [0, 0.05) is 24.2 Å². The van der Waals surface area contributed by atoms with Gasteiger partial charge in [-0.25, -0.2) is 0 Å². The Morgan fingerprint density at radius 2 is 1.68 bits per heavy atom. The summed E-state index contributed by atoms with van der Waals surface area (Å²) in [4.78, 5) is 51.0. The smallest absolute Gasteiger partial charge is 0.233 e. The molecule has 1 heterocycles. The summed E-state index contributed by atoms with van der Waals surface area (Å²) in [5.41, 5.74) is 1.19. The van der Waals surface area contributed by atoms with Crippen LogP contribution in [0.15, 0.2) is 36.4 Å². The van der Waals surface area contributed by atoms with Gasteiger partial charge >= 0.3 is 0 Å². The van der Waals surface area contributed by atoms with Gasteiger partial charge in [0.15, 0.2) is 5.78 Å². The van der Waals surface area contributed by atoms with Gasteiger partial charge < -0.3 is 5.32 Å². The van der Waals surface area contributed by atoms with Crippen molar-refractivity contribution in [2.24, 2.45) is 35.5 Å². The molecule has 6 heteroatoms. The SMILES string of the molecule is CC(=O)c1cccc(NC(=O)CCCCCN2C(=O)[C@@H]3[C@@H]4C=C[C@H]([C@@H]5C[C@H]45)[C@H]3C2=O)c1. The first-order valence-electron chi connectivity index (χ1n) is 11.4. The average Bonchev–Trinajstić information content (AvgIpc) is 3.53. The van der Waals surface area contributed by atoms with Crippen LogP contribution >= 0.6 is 0 Å². The van der Waals surface area contributed by atoms with Crippen molar-refractivity contribution in [2.45, 2.75) is 39.0 Å². The maximum atomic E-state index is 12.9. The number of unbranched alkanes of at least 4 members (excludes halogenated alkanes) is 2. The lowest BCUT2D eigenvalue weighted by molar-refractivity contribution is -0.140. The van der Waals surface area contributed by atoms with Crippen molar-refractivity contribution in [3.63, 3.8) is 0 Å². The third-order valence-corrected chi connectivity index (χ3v) is 7.59. The van der Waals surface area contributed by atoms with Crippen LogP contribution < -0.4 is 5.32 Å². The highest BCUT2D eigenvalue weighted by Crippen LogP contribution is 2.65. The van der Waals surface area contributed by atoms with E-state index in [4.69, 9.17) is 0 Å². The number of hydrogen-bond donors (Lipinski definition) is 1. The Labute approximate surface area is 182 Å². The number of carbonyl (C=O) groups excluding carboxylic acids is 4. The topological polar surface area (TPSA) is 83.6 Å². The molecule has 1 aromatic carbocycles. The van der Waals surface area contributed by atoms with Crippen molar-refractivity contribution < 1.29 is 19.2 Å². The zero-order chi connectivity index (χ0) is 21.7. The van der Waals surface area contributed by atoms with Gasteiger partial charge in [-0.15, -0.1) is 0 Å². The molecular formula is C25H28N2O4. The number of anilines is 1. The minimum absolute atomic E-state index is 0.0304. The molecule has 2 bridgehead atoms. The van der Waals surface area contributed by atoms with Crippen LogP contribution in [0.5, 0.6) is 0 Å². The van der Waals surface area contributed by atoms with E-state index >= 15 is 0 Å². The van der Waals surface area contributed by atoms with Crippen LogP contribution in [-0.4, -0.2) is 34.9 Å². The van der Waals surface area contributed by atoms with Crippen LogP contribution in [0.2, 0.25) is 0 Å². The third kappa shape index (κ3) is 3.52. The maximum Gasteiger partial charge on any atom is 0.233 e. The van der Waals surface area contributed by atoms with Crippen molar-refractivity contribution in [3.8, 4) is 0 Å². The van der Waals surface area contributed by atoms with E-state index in [0.717, 1.165) is 12.8 Å². The number of likely N-dealkylation sites (tertiary alicyclic amines) is 1. The van der Waals surface area contributed by atoms with Gasteiger partial charge in [0.25, 0.3) is 0 Å². The summed E-state index contributed by atoms with van der Waals surface area (Å²) in [6.07, 6.45) is 8.13. The molecule has 0 unspecified atom stereocenters. The molecule has 1 N–H and O–H groups in total. The Bertz CT molecular complexity index is 947. The zero-order valence-electron chi connectivity index (χ0n) is 17.8. The molecule has 31 heavy (non-hydrogen) atoms. The average molecular weight is 421 g/mol. The number of benzene rings is 1. The lowest BCUT2D eigenvalue weighted by Gasteiger charge is -2.37. The normalized spacial score (nSPS) is 32.1. The van der Waals surface area contributed by atoms with Crippen LogP contribution in [0.3, 0.4) is 0 Å². The maximum absolute atomic E-state index is 12.9. The lowest BCUT2D eigenvalue weighted by atomic mass is 9.63. The molecule has 0 spiro atoms. The fourth-order valence-electron chi connectivity index (χ4n) is 6.01. The van der Waals surface area contributed by atoms with E-state index in [0.29, 0.717) is 42.5 Å². The number of allylic oxidation sites excluding steroid dienone is 2. The summed E-state index contributed by atoms with van der Waals surface area (Å²) in [6.45, 7) is 1.96. The molecule has 5 aliphatic rings. The Hall–Kier alpha value is -2.76. The lowest BCUT2D eigenvalue weighted by Crippen LogP contribution is -2.40. The highest BCUT2D eigenvalue weighted by molar-refractivity contribution is 6.06. The first-order chi connectivity index (χ1) is 15.0. The van der Waals surface area contributed by atoms with Crippen molar-refractivity contribution in [2.75, 3.05) is 11.9 Å². The number of Topliss-reactive ketones (excluding diaryl/α,β-unsaturated/α-hetero) is 1. The van der Waals surface area contributed by atoms with Crippen molar-refractivity contribution >= 4 is 29.2 Å². The van der Waals surface area contributed by atoms with Crippen LogP contribution in [0.25, 0.3) is 0 Å². The Morgan fingerprint density at radius 3 is 2.32 bits per heavy atom. The Balaban J connectivity index is 1.07. The largest absolute Gasteiger partial charge is 0.326 e. The van der Waals surface area contributed by atoms with Crippen LogP contribution in [-0.2, 0) is 14.4 Å². The van der Waals surface area contributed by atoms with Gasteiger partial charge in [-0.1, -0.05) is 30.7 Å². The molecule has 0 radical (unpaired) electrons. The van der Waals surface area contributed by atoms with Crippen LogP contribution in [0, 0.1) is 35.5 Å². The van der Waals surface area contributed by atoms with Gasteiger partial charge in [0.1, 0.15) is 0 Å². The van der Waals surface area contributed by atoms with Crippen LogP contribution in [0.4, 0.5) is 5.69 Å². The number of nitrogens with zero attached hydrogens (tertiary/aromatic N) is 1. The molecule has 3 fully saturated rings. The summed E-state index contributed by atoms with van der Waals surface area (Å²) >= 11 is 0. The third-order valence-electron chi connectivity index (χ3n) is 7.59. The Morgan fingerprint density at radius 1 is 1.00 bits per heavy atom. The van der Waals surface area contributed by atoms with E-state index < -0.39 is 0 Å². The van der Waals surface area contributed by atoms with E-state index in [9.17, 15) is 19.2 Å². The highest BCUT2D eigenvalue weighted by Gasteiger charge is 2.66. The Kier molecular flexibility index (Phi) is 5.03. The minimum atomic E-state index is -0.122. The first-order valence-corrected chi connectivity index (χ1v) is 11.4. The standard InChI is InChI=1S/C25H28N2O4/c1-14(28)15-6-5-7-16(12-15)26-21(29)8-3-2-4-11-27-24(30)22-17-9-10-18(20-13-19(17)20)23(22)25(27)31/h5-7,9-10,12,17-20,22-23H,2-4,8,11,13H2,1H3,(H,26,29)/t17-,18-,19-,20+,22-,23-/m1/s1. The van der Waals surface area contributed by atoms with Gasteiger partial charge in [0.2, 0.25) is 17.7 Å². The van der Waals surface area contributed by atoms with Gasteiger partial charge in [-0.3, -0.25) is 24.1 Å². The highest BCUT2D eigenvalue weighted by atomic mass is 16.2. The van der Waals surface area contributed by atoms with Crippen molar-refractivity contribution in [3.05, 3.63) is 42.0 Å². The van der Waals surface area contributed by atoms with Gasteiger partial charge in [-0.2, -0.15) is 0 Å². The fraction of sp³-hybridized carbons (Fsp3) is 0.520. The molecule has 162 valence electrons. The van der Waals surface area contributed by atoms with E-state index in [1.165, 1.54) is 18.2 Å². The first kappa shape index (κ1) is 20.2. The minimum Gasteiger partial charge on any atom is -0.326 e. The number of carbonyl (C=O) groups is 4. The molecule has 0 aromatic heterocycles. The molecule has 1 aromatic rings. The molecular weight excluding hydrogens is 392 g/mol. The van der Waals surface area contributed by atoms with E-state index in [-0.39, 0.29) is 47.2 Å². The second kappa shape index (κ2) is 7.74. The molecule has 1 saturated heterocycles. The molecule has 2 saturated carbocycles. The quantitative estimate of drug-likeness (QED) is 0.302. The molecule has 3 amide bonds. The number of imide groups is 1. The van der Waals surface area contributed by atoms with Gasteiger partial charge in [-0.05, 0) is 62.0 Å². The molecule has 6 rings (SSSR count). The molecule has 4 aliphatic carbocycles. The second-order valence-electron chi connectivity index (χ2n) is 9.48. The monoisotopic (exact) mass is 420 g/mol. The number of amides is 3. The van der Waals surface area contributed by atoms with E-state index in [1.807, 2.05) is 0 Å². The summed E-state index contributed by atoms with van der Waals surface area (Å²) < 4.78 is 0. The second-order valence-corrected chi connectivity index (χ2v) is 9.48. The predicted octanol–water partition coefficient (Wildman–Crippen LogP) is 3.44. The van der Waals surface area contributed by atoms with Gasteiger partial charge in [0.05, 0.1) is 11.8 Å². The van der Waals surface area contributed by atoms with E-state index in [1.54, 1.807) is 24.3 Å². The molecule has 1 aliphatic heterocycles. The predicted molar refractivity (Wildman–Crippen MR) is 115 cm³/mol. The van der Waals surface area contributed by atoms with E-state index in [2.05, 4.69) is 17.5 Å². The fourth-order valence-corrected chi connectivity index (χ4v) is 6.01. The number of hydrogen-bond acceptors (Lipinski definition) is 4. The zero-order valence-corrected chi connectivity index (χ0v) is 17.8. The summed E-state index contributed by atoms with van der Waals surface area (Å²) in [5, 5.41) is 2.83. The van der Waals surface area contributed by atoms with Crippen molar-refractivity contribution in [1.82, 2.24) is 4.90 Å². The van der Waals surface area contributed by atoms with Crippen molar-refractivity contribution in [1.29, 1.82) is 0 Å². The number of ketones is 1. The molecule has 6 atom stereocenters. The summed E-state index contributed by atoms with van der Waals surface area (Å²) in [6, 6.07) is 6.91. The number of rotatable bonds is 8. The number of nitrogens with one attached hydrogen (secondary N) is 1. The molecule has 6 nitrogen and oxygen atoms in total. The summed E-state index contributed by atoms with van der Waals surface area (Å²) in [5.74, 6) is 1.48.